The Bertz CT molecular complexity index is 344. The standard InChI is InChI=1S/C12H14O2/c1-9-4-2-5-10(8-9)11-6-3-7-12(13)14-11/h2,4-5,8,11H,3,6-7H2,1H3. The highest BCUT2D eigenvalue weighted by Crippen LogP contribution is 2.28. The fourth-order valence-corrected chi connectivity index (χ4v) is 1.81. The molecule has 1 aromatic carbocycles. The highest BCUT2D eigenvalue weighted by atomic mass is 16.5. The van der Waals surface area contributed by atoms with Crippen molar-refractivity contribution in [1.82, 2.24) is 0 Å². The number of benzene rings is 1. The normalized spacial score (nSPS) is 21.8. The molecule has 0 spiro atoms. The second-order valence-electron chi connectivity index (χ2n) is 3.78. The summed E-state index contributed by atoms with van der Waals surface area (Å²) in [5, 5.41) is 0. The number of carbonyl (C=O) groups is 1. The van der Waals surface area contributed by atoms with E-state index in [1.807, 2.05) is 25.1 Å². The molecule has 74 valence electrons. The zero-order valence-electron chi connectivity index (χ0n) is 8.32. The number of carbonyl (C=O) groups excluding carboxylic acids is 1. The van der Waals surface area contributed by atoms with Crippen molar-refractivity contribution in [1.29, 1.82) is 0 Å². The van der Waals surface area contributed by atoms with Crippen LogP contribution in [-0.4, -0.2) is 5.97 Å². The number of aryl methyl sites for hydroxylation is 1. The van der Waals surface area contributed by atoms with Crippen molar-refractivity contribution in [3.05, 3.63) is 35.4 Å². The van der Waals surface area contributed by atoms with Gasteiger partial charge in [-0.05, 0) is 25.3 Å². The molecule has 0 saturated carbocycles. The Balaban J connectivity index is 2.17. The average molecular weight is 190 g/mol. The van der Waals surface area contributed by atoms with E-state index in [0.717, 1.165) is 18.4 Å². The smallest absolute Gasteiger partial charge is 0.306 e. The monoisotopic (exact) mass is 190 g/mol. The molecular formula is C12H14O2. The van der Waals surface area contributed by atoms with E-state index < -0.39 is 0 Å². The molecule has 0 bridgehead atoms. The molecule has 0 N–H and O–H groups in total. The van der Waals surface area contributed by atoms with Gasteiger partial charge in [-0.25, -0.2) is 0 Å². The molecule has 1 saturated heterocycles. The third-order valence-corrected chi connectivity index (χ3v) is 2.53. The Morgan fingerprint density at radius 1 is 1.43 bits per heavy atom. The Hall–Kier alpha value is -1.31. The van der Waals surface area contributed by atoms with E-state index in [1.165, 1.54) is 5.56 Å². The van der Waals surface area contributed by atoms with Gasteiger partial charge < -0.3 is 4.74 Å². The molecular weight excluding hydrogens is 176 g/mol. The van der Waals surface area contributed by atoms with Crippen LogP contribution >= 0.6 is 0 Å². The lowest BCUT2D eigenvalue weighted by molar-refractivity contribution is -0.154. The third-order valence-electron chi connectivity index (χ3n) is 2.53. The van der Waals surface area contributed by atoms with Gasteiger partial charge in [-0.3, -0.25) is 4.79 Å². The lowest BCUT2D eigenvalue weighted by Gasteiger charge is -2.22. The van der Waals surface area contributed by atoms with Crippen LogP contribution < -0.4 is 0 Å². The number of rotatable bonds is 1. The minimum absolute atomic E-state index is 0.0175. The second-order valence-corrected chi connectivity index (χ2v) is 3.78. The maximum Gasteiger partial charge on any atom is 0.306 e. The molecule has 2 rings (SSSR count). The number of ether oxygens (including phenoxy) is 1. The summed E-state index contributed by atoms with van der Waals surface area (Å²) in [7, 11) is 0. The van der Waals surface area contributed by atoms with Gasteiger partial charge in [0.15, 0.2) is 0 Å². The van der Waals surface area contributed by atoms with Crippen molar-refractivity contribution in [2.45, 2.75) is 32.3 Å². The molecule has 1 unspecified atom stereocenters. The van der Waals surface area contributed by atoms with Crippen LogP contribution in [0.4, 0.5) is 0 Å². The maximum absolute atomic E-state index is 11.1. The predicted molar refractivity (Wildman–Crippen MR) is 53.9 cm³/mol. The molecule has 0 aliphatic carbocycles. The number of esters is 1. The molecule has 1 atom stereocenters. The summed E-state index contributed by atoms with van der Waals surface area (Å²) in [4.78, 5) is 11.1. The van der Waals surface area contributed by atoms with Crippen LogP contribution in [0.15, 0.2) is 24.3 Å². The van der Waals surface area contributed by atoms with Gasteiger partial charge in [0.1, 0.15) is 6.10 Å². The Labute approximate surface area is 83.9 Å². The third kappa shape index (κ3) is 1.95. The van der Waals surface area contributed by atoms with Crippen molar-refractivity contribution in [2.75, 3.05) is 0 Å². The first-order valence-corrected chi connectivity index (χ1v) is 5.02. The average Bonchev–Trinajstić information content (AvgIpc) is 2.18. The summed E-state index contributed by atoms with van der Waals surface area (Å²) in [6, 6.07) is 8.17. The van der Waals surface area contributed by atoms with Crippen molar-refractivity contribution < 1.29 is 9.53 Å². The zero-order valence-corrected chi connectivity index (χ0v) is 8.32. The lowest BCUT2D eigenvalue weighted by atomic mass is 10.00. The second kappa shape index (κ2) is 3.82. The number of cyclic esters (lactones) is 1. The molecule has 1 fully saturated rings. The quantitative estimate of drug-likeness (QED) is 0.636. The molecule has 2 heteroatoms. The Morgan fingerprint density at radius 3 is 3.00 bits per heavy atom. The molecule has 1 aliphatic rings. The van der Waals surface area contributed by atoms with Crippen LogP contribution in [0.5, 0.6) is 0 Å². The van der Waals surface area contributed by atoms with E-state index in [9.17, 15) is 4.79 Å². The van der Waals surface area contributed by atoms with Gasteiger partial charge in [-0.2, -0.15) is 0 Å². The largest absolute Gasteiger partial charge is 0.457 e. The minimum Gasteiger partial charge on any atom is -0.457 e. The highest BCUT2D eigenvalue weighted by Gasteiger charge is 2.21. The van der Waals surface area contributed by atoms with Crippen LogP contribution in [0, 0.1) is 6.92 Å². The first-order valence-electron chi connectivity index (χ1n) is 5.02. The number of hydrogen-bond acceptors (Lipinski definition) is 2. The van der Waals surface area contributed by atoms with Crippen LogP contribution in [0.25, 0.3) is 0 Å². The summed E-state index contributed by atoms with van der Waals surface area (Å²) in [6.45, 7) is 2.05. The fourth-order valence-electron chi connectivity index (χ4n) is 1.81. The summed E-state index contributed by atoms with van der Waals surface area (Å²) in [6.07, 6.45) is 2.45. The van der Waals surface area contributed by atoms with E-state index >= 15 is 0 Å². The first kappa shape index (κ1) is 9.25. The summed E-state index contributed by atoms with van der Waals surface area (Å²) < 4.78 is 5.29. The van der Waals surface area contributed by atoms with Gasteiger partial charge in [0, 0.05) is 6.42 Å². The Kier molecular flexibility index (Phi) is 2.53. The Morgan fingerprint density at radius 2 is 2.29 bits per heavy atom. The summed E-state index contributed by atoms with van der Waals surface area (Å²) >= 11 is 0. The molecule has 1 heterocycles. The van der Waals surface area contributed by atoms with Crippen molar-refractivity contribution in [3.8, 4) is 0 Å². The van der Waals surface area contributed by atoms with Gasteiger partial charge in [0.2, 0.25) is 0 Å². The molecule has 14 heavy (non-hydrogen) atoms. The lowest BCUT2D eigenvalue weighted by Crippen LogP contribution is -2.16. The van der Waals surface area contributed by atoms with Crippen LogP contribution in [0.3, 0.4) is 0 Å². The fraction of sp³-hybridized carbons (Fsp3) is 0.417. The summed E-state index contributed by atoms with van der Waals surface area (Å²) in [5.41, 5.74) is 2.34. The van der Waals surface area contributed by atoms with E-state index in [1.54, 1.807) is 0 Å². The zero-order chi connectivity index (χ0) is 9.97. The van der Waals surface area contributed by atoms with E-state index in [0.29, 0.717) is 6.42 Å². The van der Waals surface area contributed by atoms with Gasteiger partial charge in [0.25, 0.3) is 0 Å². The van der Waals surface area contributed by atoms with Gasteiger partial charge in [0.05, 0.1) is 0 Å². The molecule has 0 radical (unpaired) electrons. The van der Waals surface area contributed by atoms with Crippen LogP contribution in [0.1, 0.15) is 36.5 Å². The summed E-state index contributed by atoms with van der Waals surface area (Å²) in [5.74, 6) is -0.0669. The van der Waals surface area contributed by atoms with E-state index in [4.69, 9.17) is 4.74 Å². The molecule has 0 amide bonds. The molecule has 1 aliphatic heterocycles. The van der Waals surface area contributed by atoms with Crippen molar-refractivity contribution in [3.63, 3.8) is 0 Å². The number of hydrogen-bond donors (Lipinski definition) is 0. The maximum atomic E-state index is 11.1. The predicted octanol–water partition coefficient (Wildman–Crippen LogP) is 2.76. The SMILES string of the molecule is Cc1cccc(C2CCCC(=O)O2)c1. The van der Waals surface area contributed by atoms with Crippen LogP contribution in [0.2, 0.25) is 0 Å². The van der Waals surface area contributed by atoms with Crippen LogP contribution in [-0.2, 0) is 9.53 Å². The highest BCUT2D eigenvalue weighted by molar-refractivity contribution is 5.70. The van der Waals surface area contributed by atoms with E-state index in [2.05, 4.69) is 6.07 Å². The van der Waals surface area contributed by atoms with Crippen molar-refractivity contribution >= 4 is 5.97 Å². The van der Waals surface area contributed by atoms with Crippen molar-refractivity contribution in [2.24, 2.45) is 0 Å². The first-order chi connectivity index (χ1) is 6.75. The van der Waals surface area contributed by atoms with E-state index in [-0.39, 0.29) is 12.1 Å². The molecule has 0 aromatic heterocycles. The van der Waals surface area contributed by atoms with Gasteiger partial charge in [-0.1, -0.05) is 29.8 Å². The van der Waals surface area contributed by atoms with Gasteiger partial charge >= 0.3 is 5.97 Å². The van der Waals surface area contributed by atoms with Gasteiger partial charge in [-0.15, -0.1) is 0 Å². The molecule has 1 aromatic rings. The minimum atomic E-state index is -0.0669. The topological polar surface area (TPSA) is 26.3 Å². The molecule has 2 nitrogen and oxygen atoms in total.